The molecule has 0 aliphatic rings. The highest BCUT2D eigenvalue weighted by molar-refractivity contribution is 5.85. The van der Waals surface area contributed by atoms with E-state index in [2.05, 4.69) is 0 Å². The van der Waals surface area contributed by atoms with Crippen molar-refractivity contribution in [2.75, 3.05) is 0 Å². The van der Waals surface area contributed by atoms with E-state index in [4.69, 9.17) is 10.3 Å². The summed E-state index contributed by atoms with van der Waals surface area (Å²) in [4.78, 5) is 32.2. The van der Waals surface area contributed by atoms with E-state index >= 15 is 0 Å². The van der Waals surface area contributed by atoms with Gasteiger partial charge >= 0.3 is 11.7 Å². The predicted octanol–water partition coefficient (Wildman–Crippen LogP) is -1.52. The van der Waals surface area contributed by atoms with E-state index in [1.165, 1.54) is 0 Å². The number of aromatic carboxylic acids is 1. The lowest BCUT2D eigenvalue weighted by atomic mass is 10.4. The van der Waals surface area contributed by atoms with E-state index in [-0.39, 0.29) is 4.73 Å². The van der Waals surface area contributed by atoms with Gasteiger partial charge in [-0.2, -0.15) is 0 Å². The van der Waals surface area contributed by atoms with Crippen LogP contribution in [0.5, 0.6) is 0 Å². The Balaban J connectivity index is 3.70. The molecule has 0 spiro atoms. The zero-order valence-corrected chi connectivity index (χ0v) is 6.59. The highest BCUT2D eigenvalue weighted by Crippen LogP contribution is 1.88. The number of hydrogen-bond acceptors (Lipinski definition) is 4. The summed E-state index contributed by atoms with van der Waals surface area (Å²) in [5.74, 6) is -1.54. The Labute approximate surface area is 71.0 Å². The minimum absolute atomic E-state index is 0.0935. The Morgan fingerprint density at radius 3 is 2.46 bits per heavy atom. The standard InChI is InChI=1S/C6H6N2O5/c1-7-4(9)2-3(5(10)11)8(13)6(7)12/h2,13H,1H3,(H,10,11). The maximum Gasteiger partial charge on any atom is 0.364 e. The van der Waals surface area contributed by atoms with Crippen molar-refractivity contribution in [3.05, 3.63) is 32.6 Å². The van der Waals surface area contributed by atoms with Crippen molar-refractivity contribution in [2.24, 2.45) is 7.05 Å². The molecule has 13 heavy (non-hydrogen) atoms. The normalized spacial score (nSPS) is 9.92. The first kappa shape index (κ1) is 9.04. The van der Waals surface area contributed by atoms with Crippen LogP contribution >= 0.6 is 0 Å². The summed E-state index contributed by atoms with van der Waals surface area (Å²) in [5.41, 5.74) is -2.63. The van der Waals surface area contributed by atoms with Crippen molar-refractivity contribution in [2.45, 2.75) is 0 Å². The molecule has 7 nitrogen and oxygen atoms in total. The zero-order chi connectivity index (χ0) is 10.2. The molecular formula is C6H6N2O5. The minimum atomic E-state index is -1.54. The molecule has 1 rings (SSSR count). The van der Waals surface area contributed by atoms with E-state index in [0.29, 0.717) is 10.6 Å². The summed E-state index contributed by atoms with van der Waals surface area (Å²) in [6.45, 7) is 0. The van der Waals surface area contributed by atoms with Gasteiger partial charge in [-0.3, -0.25) is 9.36 Å². The van der Waals surface area contributed by atoms with Gasteiger partial charge in [0.05, 0.1) is 0 Å². The third kappa shape index (κ3) is 1.31. The smallest absolute Gasteiger partial charge is 0.364 e. The van der Waals surface area contributed by atoms with Gasteiger partial charge in [-0.15, -0.1) is 4.73 Å². The Morgan fingerprint density at radius 2 is 2.00 bits per heavy atom. The summed E-state index contributed by atoms with van der Waals surface area (Å²) in [6, 6.07) is 0.656. The highest BCUT2D eigenvalue weighted by Gasteiger charge is 2.13. The van der Waals surface area contributed by atoms with Crippen LogP contribution < -0.4 is 11.2 Å². The molecule has 1 aromatic rings. The van der Waals surface area contributed by atoms with Crippen LogP contribution in [0.25, 0.3) is 0 Å². The predicted molar refractivity (Wildman–Crippen MR) is 40.1 cm³/mol. The quantitative estimate of drug-likeness (QED) is 0.519. The average Bonchev–Trinajstić information content (AvgIpc) is 2.07. The van der Waals surface area contributed by atoms with Gasteiger partial charge in [0.2, 0.25) is 0 Å². The van der Waals surface area contributed by atoms with Gasteiger partial charge < -0.3 is 10.3 Å². The molecular weight excluding hydrogens is 180 g/mol. The van der Waals surface area contributed by atoms with Crippen molar-refractivity contribution < 1.29 is 15.1 Å². The molecule has 0 unspecified atom stereocenters. The number of rotatable bonds is 1. The average molecular weight is 186 g/mol. The first-order valence-corrected chi connectivity index (χ1v) is 3.20. The summed E-state index contributed by atoms with van der Waals surface area (Å²) in [5, 5.41) is 17.4. The molecule has 0 fully saturated rings. The Bertz CT molecular complexity index is 469. The third-order valence-corrected chi connectivity index (χ3v) is 1.51. The van der Waals surface area contributed by atoms with Crippen LogP contribution in [-0.4, -0.2) is 25.6 Å². The van der Waals surface area contributed by atoms with Crippen LogP contribution in [0, 0.1) is 0 Å². The molecule has 0 saturated carbocycles. The lowest BCUT2D eigenvalue weighted by molar-refractivity contribution is 0.0627. The van der Waals surface area contributed by atoms with Crippen molar-refractivity contribution >= 4 is 5.97 Å². The molecule has 0 amide bonds. The molecule has 1 aromatic heterocycles. The molecule has 2 N–H and O–H groups in total. The minimum Gasteiger partial charge on any atom is -0.476 e. The second-order valence-electron chi connectivity index (χ2n) is 2.33. The van der Waals surface area contributed by atoms with Crippen molar-refractivity contribution in [1.29, 1.82) is 0 Å². The molecule has 0 aliphatic heterocycles. The fraction of sp³-hybridized carbons (Fsp3) is 0.167. The topological polar surface area (TPSA) is 102 Å². The fourth-order valence-electron chi connectivity index (χ4n) is 0.767. The molecule has 0 aromatic carbocycles. The molecule has 70 valence electrons. The Morgan fingerprint density at radius 1 is 1.46 bits per heavy atom. The molecule has 7 heteroatoms. The van der Waals surface area contributed by atoms with Crippen LogP contribution in [0.1, 0.15) is 10.5 Å². The highest BCUT2D eigenvalue weighted by atomic mass is 16.5. The fourth-order valence-corrected chi connectivity index (χ4v) is 0.767. The molecule has 0 saturated heterocycles. The van der Waals surface area contributed by atoms with Gasteiger partial charge in [0.1, 0.15) is 0 Å². The zero-order valence-electron chi connectivity index (χ0n) is 6.59. The first-order valence-electron chi connectivity index (χ1n) is 3.20. The van der Waals surface area contributed by atoms with Gasteiger partial charge in [0, 0.05) is 13.1 Å². The van der Waals surface area contributed by atoms with Gasteiger partial charge in [0.15, 0.2) is 5.69 Å². The van der Waals surface area contributed by atoms with E-state index in [0.717, 1.165) is 7.05 Å². The van der Waals surface area contributed by atoms with Gasteiger partial charge in [0.25, 0.3) is 5.56 Å². The lowest BCUT2D eigenvalue weighted by Gasteiger charge is -2.02. The summed E-state index contributed by atoms with van der Waals surface area (Å²) < 4.78 is 0.496. The second-order valence-corrected chi connectivity index (χ2v) is 2.33. The number of hydrogen-bond donors (Lipinski definition) is 2. The largest absolute Gasteiger partial charge is 0.476 e. The van der Waals surface area contributed by atoms with Crippen LogP contribution in [-0.2, 0) is 7.05 Å². The number of nitrogens with zero attached hydrogens (tertiary/aromatic N) is 2. The molecule has 0 radical (unpaired) electrons. The van der Waals surface area contributed by atoms with E-state index in [1.54, 1.807) is 0 Å². The van der Waals surface area contributed by atoms with Crippen LogP contribution in [0.15, 0.2) is 15.7 Å². The second kappa shape index (κ2) is 2.77. The molecule has 1 heterocycles. The summed E-state index contributed by atoms with van der Waals surface area (Å²) >= 11 is 0. The van der Waals surface area contributed by atoms with Gasteiger partial charge in [-0.25, -0.2) is 9.59 Å². The van der Waals surface area contributed by atoms with Crippen molar-refractivity contribution in [3.8, 4) is 0 Å². The van der Waals surface area contributed by atoms with E-state index in [9.17, 15) is 14.4 Å². The van der Waals surface area contributed by atoms with E-state index in [1.807, 2.05) is 0 Å². The van der Waals surface area contributed by atoms with Crippen LogP contribution in [0.4, 0.5) is 0 Å². The van der Waals surface area contributed by atoms with Gasteiger partial charge in [-0.1, -0.05) is 0 Å². The number of carbonyl (C=O) groups is 1. The van der Waals surface area contributed by atoms with Crippen LogP contribution in [0.2, 0.25) is 0 Å². The third-order valence-electron chi connectivity index (χ3n) is 1.51. The maximum atomic E-state index is 10.9. The van der Waals surface area contributed by atoms with Gasteiger partial charge in [-0.05, 0) is 0 Å². The van der Waals surface area contributed by atoms with Crippen LogP contribution in [0.3, 0.4) is 0 Å². The lowest BCUT2D eigenvalue weighted by Crippen LogP contribution is -2.39. The summed E-state index contributed by atoms with van der Waals surface area (Å²) in [7, 11) is 1.13. The number of carboxylic acid groups (broad SMARTS) is 1. The Kier molecular flexibility index (Phi) is 1.93. The van der Waals surface area contributed by atoms with Crippen molar-refractivity contribution in [1.82, 2.24) is 9.30 Å². The number of carboxylic acids is 1. The molecule has 0 bridgehead atoms. The molecule has 0 aliphatic carbocycles. The monoisotopic (exact) mass is 186 g/mol. The molecule has 0 atom stereocenters. The first-order chi connectivity index (χ1) is 5.95. The number of aromatic nitrogens is 2. The van der Waals surface area contributed by atoms with Crippen molar-refractivity contribution in [3.63, 3.8) is 0 Å². The summed E-state index contributed by atoms with van der Waals surface area (Å²) in [6.07, 6.45) is 0. The SMILES string of the molecule is Cn1c(=O)cc(C(=O)O)n(O)c1=O. The maximum absolute atomic E-state index is 10.9. The van der Waals surface area contributed by atoms with E-state index < -0.39 is 22.9 Å². The Hall–Kier alpha value is -2.05.